The molecule has 0 unspecified atom stereocenters. The highest BCUT2D eigenvalue weighted by atomic mass is 32.2. The van der Waals surface area contributed by atoms with E-state index in [0.29, 0.717) is 6.42 Å². The van der Waals surface area contributed by atoms with E-state index in [1.165, 1.54) is 0 Å². The minimum Gasteiger partial charge on any atom is -0.303 e. The number of tetrazole rings is 1. The normalized spacial score (nSPS) is 10.4. The first-order valence-corrected chi connectivity index (χ1v) is 6.80. The van der Waals surface area contributed by atoms with Crippen molar-refractivity contribution in [3.8, 4) is 5.69 Å². The Morgan fingerprint density at radius 2 is 2.06 bits per heavy atom. The molecule has 0 radical (unpaired) electrons. The molecule has 2 rings (SSSR count). The van der Waals surface area contributed by atoms with Gasteiger partial charge in [0.1, 0.15) is 6.29 Å². The van der Waals surface area contributed by atoms with Crippen LogP contribution in [-0.2, 0) is 4.79 Å². The molecule has 0 bridgehead atoms. The third kappa shape index (κ3) is 3.40. The molecule has 0 saturated carbocycles. The van der Waals surface area contributed by atoms with E-state index in [9.17, 15) is 4.79 Å². The number of aldehydes is 1. The van der Waals surface area contributed by atoms with Gasteiger partial charge in [-0.25, -0.2) is 0 Å². The highest BCUT2D eigenvalue weighted by molar-refractivity contribution is 7.99. The van der Waals surface area contributed by atoms with E-state index in [1.54, 1.807) is 16.4 Å². The van der Waals surface area contributed by atoms with Gasteiger partial charge in [-0.15, -0.1) is 5.10 Å². The minimum absolute atomic E-state index is 0.629. The van der Waals surface area contributed by atoms with Crippen LogP contribution in [0.15, 0.2) is 35.5 Å². The molecule has 1 heterocycles. The molecule has 0 saturated heterocycles. The lowest BCUT2D eigenvalue weighted by atomic mass is 10.3. The van der Waals surface area contributed by atoms with Gasteiger partial charge in [-0.2, -0.15) is 4.68 Å². The van der Waals surface area contributed by atoms with Crippen molar-refractivity contribution in [3.05, 3.63) is 30.3 Å². The molecule has 0 spiro atoms. The van der Waals surface area contributed by atoms with E-state index >= 15 is 0 Å². The Morgan fingerprint density at radius 3 is 2.83 bits per heavy atom. The number of carbonyl (C=O) groups is 1. The zero-order chi connectivity index (χ0) is 12.6. The fraction of sp³-hybridized carbons (Fsp3) is 0.333. The third-order valence-corrected chi connectivity index (χ3v) is 3.39. The first-order valence-electron chi connectivity index (χ1n) is 5.82. The summed E-state index contributed by atoms with van der Waals surface area (Å²) in [4.78, 5) is 10.2. The minimum atomic E-state index is 0.629. The van der Waals surface area contributed by atoms with Crippen molar-refractivity contribution in [2.45, 2.75) is 24.4 Å². The van der Waals surface area contributed by atoms with Crippen LogP contribution < -0.4 is 0 Å². The molecule has 0 N–H and O–H groups in total. The summed E-state index contributed by atoms with van der Waals surface area (Å²) < 4.78 is 1.73. The van der Waals surface area contributed by atoms with Gasteiger partial charge >= 0.3 is 0 Å². The van der Waals surface area contributed by atoms with Gasteiger partial charge in [0.25, 0.3) is 0 Å². The van der Waals surface area contributed by atoms with E-state index in [-0.39, 0.29) is 0 Å². The second-order valence-corrected chi connectivity index (χ2v) is 4.78. The lowest BCUT2D eigenvalue weighted by Crippen LogP contribution is -1.98. The lowest BCUT2D eigenvalue weighted by molar-refractivity contribution is -0.107. The Kier molecular flexibility index (Phi) is 4.89. The van der Waals surface area contributed by atoms with Crippen LogP contribution in [0.5, 0.6) is 0 Å². The molecule has 0 fully saturated rings. The van der Waals surface area contributed by atoms with Gasteiger partial charge in [0.15, 0.2) is 0 Å². The molecular formula is C12H14N4OS. The fourth-order valence-electron chi connectivity index (χ4n) is 1.49. The second-order valence-electron chi connectivity index (χ2n) is 3.72. The topological polar surface area (TPSA) is 60.7 Å². The zero-order valence-electron chi connectivity index (χ0n) is 9.90. The van der Waals surface area contributed by atoms with E-state index in [1.807, 2.05) is 30.3 Å². The number of benzene rings is 1. The van der Waals surface area contributed by atoms with Gasteiger partial charge in [-0.05, 0) is 35.4 Å². The van der Waals surface area contributed by atoms with Crippen LogP contribution in [0, 0.1) is 0 Å². The number of aromatic nitrogens is 4. The number of hydrogen-bond donors (Lipinski definition) is 0. The maximum atomic E-state index is 10.2. The number of carbonyl (C=O) groups excluding carboxylic acids is 1. The molecule has 2 aromatic rings. The van der Waals surface area contributed by atoms with Crippen LogP contribution in [0.25, 0.3) is 5.69 Å². The summed E-state index contributed by atoms with van der Waals surface area (Å²) in [5, 5.41) is 12.5. The van der Waals surface area contributed by atoms with E-state index in [2.05, 4.69) is 15.5 Å². The van der Waals surface area contributed by atoms with Gasteiger partial charge in [0, 0.05) is 12.2 Å². The van der Waals surface area contributed by atoms with Gasteiger partial charge < -0.3 is 4.79 Å². The predicted octanol–water partition coefficient (Wildman–Crippen LogP) is 2.12. The quantitative estimate of drug-likeness (QED) is 0.434. The molecule has 6 heteroatoms. The summed E-state index contributed by atoms with van der Waals surface area (Å²) in [6, 6.07) is 9.80. The predicted molar refractivity (Wildman–Crippen MR) is 69.8 cm³/mol. The summed E-state index contributed by atoms with van der Waals surface area (Å²) in [6.45, 7) is 0. The molecule has 0 amide bonds. The Morgan fingerprint density at radius 1 is 1.22 bits per heavy atom. The van der Waals surface area contributed by atoms with Gasteiger partial charge in [0.2, 0.25) is 5.16 Å². The standard InChI is InChI=1S/C12H14N4OS/c17-9-5-2-6-10-18-12-13-14-15-16(12)11-7-3-1-4-8-11/h1,3-4,7-9H,2,5-6,10H2. The lowest BCUT2D eigenvalue weighted by Gasteiger charge is -2.03. The Hall–Kier alpha value is -1.69. The molecule has 1 aromatic heterocycles. The van der Waals surface area contributed by atoms with Crippen LogP contribution >= 0.6 is 11.8 Å². The van der Waals surface area contributed by atoms with Crippen LogP contribution in [0.3, 0.4) is 0 Å². The van der Waals surface area contributed by atoms with Crippen molar-refractivity contribution in [2.75, 3.05) is 5.75 Å². The molecule has 0 aliphatic heterocycles. The Labute approximate surface area is 110 Å². The molecule has 18 heavy (non-hydrogen) atoms. The zero-order valence-corrected chi connectivity index (χ0v) is 10.7. The van der Waals surface area contributed by atoms with Crippen LogP contribution in [0.4, 0.5) is 0 Å². The highest BCUT2D eigenvalue weighted by Crippen LogP contribution is 2.19. The summed E-state index contributed by atoms with van der Waals surface area (Å²) in [6.07, 6.45) is 3.50. The van der Waals surface area contributed by atoms with Crippen molar-refractivity contribution in [2.24, 2.45) is 0 Å². The van der Waals surface area contributed by atoms with Crippen LogP contribution in [0.1, 0.15) is 19.3 Å². The van der Waals surface area contributed by atoms with Crippen molar-refractivity contribution in [1.29, 1.82) is 0 Å². The first kappa shape index (κ1) is 12.8. The Bertz CT molecular complexity index is 486. The maximum Gasteiger partial charge on any atom is 0.214 e. The summed E-state index contributed by atoms with van der Waals surface area (Å²) in [5.74, 6) is 0.918. The summed E-state index contributed by atoms with van der Waals surface area (Å²) >= 11 is 1.61. The number of hydrogen-bond acceptors (Lipinski definition) is 5. The molecule has 0 aliphatic rings. The van der Waals surface area contributed by atoms with Crippen LogP contribution in [0.2, 0.25) is 0 Å². The Balaban J connectivity index is 1.94. The van der Waals surface area contributed by atoms with Gasteiger partial charge in [-0.3, -0.25) is 0 Å². The average Bonchev–Trinajstić information content (AvgIpc) is 2.88. The molecule has 0 atom stereocenters. The maximum absolute atomic E-state index is 10.2. The number of unbranched alkanes of at least 4 members (excludes halogenated alkanes) is 2. The van der Waals surface area contributed by atoms with Crippen molar-refractivity contribution in [1.82, 2.24) is 20.2 Å². The second kappa shape index (κ2) is 6.90. The summed E-state index contributed by atoms with van der Waals surface area (Å²) in [7, 11) is 0. The number of nitrogens with zero attached hydrogens (tertiary/aromatic N) is 4. The molecule has 5 nitrogen and oxygen atoms in total. The molecule has 1 aromatic carbocycles. The van der Waals surface area contributed by atoms with Gasteiger partial charge in [0.05, 0.1) is 5.69 Å². The third-order valence-electron chi connectivity index (χ3n) is 2.39. The van der Waals surface area contributed by atoms with E-state index in [0.717, 1.165) is 35.7 Å². The smallest absolute Gasteiger partial charge is 0.214 e. The van der Waals surface area contributed by atoms with Gasteiger partial charge in [-0.1, -0.05) is 30.0 Å². The fourth-order valence-corrected chi connectivity index (χ4v) is 2.38. The SMILES string of the molecule is O=CCCCCSc1nnnn1-c1ccccc1. The molecule has 94 valence electrons. The summed E-state index contributed by atoms with van der Waals surface area (Å²) in [5.41, 5.74) is 0.956. The average molecular weight is 262 g/mol. The number of para-hydroxylation sites is 1. The largest absolute Gasteiger partial charge is 0.303 e. The number of thioether (sulfide) groups is 1. The van der Waals surface area contributed by atoms with E-state index in [4.69, 9.17) is 0 Å². The van der Waals surface area contributed by atoms with Crippen molar-refractivity contribution < 1.29 is 4.79 Å². The highest BCUT2D eigenvalue weighted by Gasteiger charge is 2.07. The van der Waals surface area contributed by atoms with Crippen molar-refractivity contribution >= 4 is 18.0 Å². The molecular weight excluding hydrogens is 248 g/mol. The van der Waals surface area contributed by atoms with Crippen molar-refractivity contribution in [3.63, 3.8) is 0 Å². The van der Waals surface area contributed by atoms with E-state index < -0.39 is 0 Å². The number of rotatable bonds is 7. The molecule has 0 aliphatic carbocycles. The van der Waals surface area contributed by atoms with Crippen LogP contribution in [-0.4, -0.2) is 32.2 Å². The first-order chi connectivity index (χ1) is 8.92. The monoisotopic (exact) mass is 262 g/mol.